The van der Waals surface area contributed by atoms with Crippen LogP contribution in [0.4, 0.5) is 5.95 Å². The lowest BCUT2D eigenvalue weighted by Crippen LogP contribution is -2.19. The molecule has 2 aromatic rings. The molecule has 0 amide bonds. The Hall–Kier alpha value is -1.25. The Morgan fingerprint density at radius 3 is 2.76 bits per heavy atom. The smallest absolute Gasteiger partial charge is 0.359 e. The molecule has 1 saturated heterocycles. The van der Waals surface area contributed by atoms with Gasteiger partial charge >= 0.3 is 7.60 Å². The van der Waals surface area contributed by atoms with Gasteiger partial charge in [-0.2, -0.15) is 9.97 Å². The topological polar surface area (TPSA) is 114 Å². The summed E-state index contributed by atoms with van der Waals surface area (Å²) in [4.78, 5) is 12.3. The van der Waals surface area contributed by atoms with E-state index >= 15 is 0 Å². The molecular weight excluding hydrogens is 369 g/mol. The van der Waals surface area contributed by atoms with E-state index in [9.17, 15) is 4.57 Å². The van der Waals surface area contributed by atoms with E-state index in [2.05, 4.69) is 15.0 Å². The number of hydrogen-bond donors (Lipinski definition) is 1. The van der Waals surface area contributed by atoms with Crippen LogP contribution in [-0.4, -0.2) is 44.7 Å². The predicted molar refractivity (Wildman–Crippen MR) is 93.5 cm³/mol. The first-order valence-corrected chi connectivity index (χ1v) is 10.1. The number of imidazole rings is 1. The lowest BCUT2D eigenvalue weighted by molar-refractivity contribution is 0.0520. The van der Waals surface area contributed by atoms with E-state index in [1.165, 1.54) is 0 Å². The molecule has 2 N–H and O–H groups in total. The summed E-state index contributed by atoms with van der Waals surface area (Å²) in [6, 6.07) is 0. The van der Waals surface area contributed by atoms with Crippen molar-refractivity contribution in [3.8, 4) is 0 Å². The number of nitrogens with zero attached hydrogens (tertiary/aromatic N) is 4. The molecule has 3 rings (SSSR count). The number of halogens is 1. The van der Waals surface area contributed by atoms with Gasteiger partial charge in [-0.3, -0.25) is 4.57 Å². The van der Waals surface area contributed by atoms with E-state index < -0.39 is 13.4 Å². The highest BCUT2D eigenvalue weighted by Gasteiger charge is 2.42. The number of ether oxygens (including phenoxy) is 1. The van der Waals surface area contributed by atoms with E-state index in [-0.39, 0.29) is 17.2 Å². The number of anilines is 1. The maximum absolute atomic E-state index is 12.8. The van der Waals surface area contributed by atoms with E-state index in [1.54, 1.807) is 24.7 Å². The Labute approximate surface area is 150 Å². The van der Waals surface area contributed by atoms with Crippen molar-refractivity contribution in [3.05, 3.63) is 11.5 Å². The Bertz CT molecular complexity index is 791. The summed E-state index contributed by atoms with van der Waals surface area (Å²) in [6.07, 6.45) is 2.79. The number of rotatable bonds is 7. The quantitative estimate of drug-likeness (QED) is 0.567. The average Bonchev–Trinajstić information content (AvgIpc) is 3.16. The van der Waals surface area contributed by atoms with Crippen molar-refractivity contribution in [2.75, 3.05) is 18.9 Å². The highest BCUT2D eigenvalue weighted by molar-refractivity contribution is 7.54. The van der Waals surface area contributed by atoms with Gasteiger partial charge in [0.2, 0.25) is 5.95 Å². The first kappa shape index (κ1) is 18.5. The van der Waals surface area contributed by atoms with Gasteiger partial charge in [-0.15, -0.1) is 0 Å². The van der Waals surface area contributed by atoms with Crippen molar-refractivity contribution in [1.82, 2.24) is 19.5 Å². The minimum absolute atomic E-state index is 0.0849. The number of hydrogen-bond acceptors (Lipinski definition) is 8. The second-order valence-electron chi connectivity index (χ2n) is 5.61. The van der Waals surface area contributed by atoms with Crippen LogP contribution in [-0.2, 0) is 24.9 Å². The van der Waals surface area contributed by atoms with Crippen LogP contribution in [0.1, 0.15) is 26.7 Å². The Balaban J connectivity index is 1.74. The minimum atomic E-state index is -3.27. The van der Waals surface area contributed by atoms with Crippen LogP contribution in [0, 0.1) is 0 Å². The van der Waals surface area contributed by atoms with Gasteiger partial charge in [-0.05, 0) is 26.7 Å². The zero-order chi connectivity index (χ0) is 18.0. The lowest BCUT2D eigenvalue weighted by Gasteiger charge is -2.23. The molecule has 138 valence electrons. The fourth-order valence-electron chi connectivity index (χ4n) is 2.90. The van der Waals surface area contributed by atoms with Crippen LogP contribution >= 0.6 is 19.2 Å². The molecule has 0 saturated carbocycles. The summed E-state index contributed by atoms with van der Waals surface area (Å²) < 4.78 is 31.3. The molecule has 0 radical (unpaired) electrons. The van der Waals surface area contributed by atoms with Crippen molar-refractivity contribution in [3.63, 3.8) is 0 Å². The van der Waals surface area contributed by atoms with Gasteiger partial charge in [0, 0.05) is 0 Å². The van der Waals surface area contributed by atoms with Crippen LogP contribution in [0.2, 0.25) is 5.15 Å². The molecule has 0 aliphatic carbocycles. The standard InChI is InChI=1S/C14H21ClN5O4P/c1-3-22-25(21,23-4-2)10-6-5-9(24-10)7-20-8-17-11-12(15)18-14(16)19-13(11)20/h8-10H,3-7H2,1-2H3,(H2,16,18,19)/t9-,10+/m0/s1. The third-order valence-corrected chi connectivity index (χ3v) is 6.48. The SMILES string of the molecule is CCOP(=O)(OCC)[C@@H]1CC[C@@H](Cn2cnc3c(Cl)nc(N)nc32)O1. The molecule has 0 unspecified atom stereocenters. The zero-order valence-corrected chi connectivity index (χ0v) is 15.7. The van der Waals surface area contributed by atoms with E-state index in [0.717, 1.165) is 6.42 Å². The van der Waals surface area contributed by atoms with Crippen molar-refractivity contribution < 1.29 is 18.3 Å². The van der Waals surface area contributed by atoms with E-state index in [1.807, 2.05) is 0 Å². The molecule has 11 heteroatoms. The van der Waals surface area contributed by atoms with Crippen LogP contribution in [0.25, 0.3) is 11.2 Å². The van der Waals surface area contributed by atoms with Crippen molar-refractivity contribution >= 4 is 36.3 Å². The first-order chi connectivity index (χ1) is 12.0. The maximum Gasteiger partial charge on any atom is 0.359 e. The molecule has 2 aromatic heterocycles. The maximum atomic E-state index is 12.8. The Kier molecular flexibility index (Phi) is 5.60. The zero-order valence-electron chi connectivity index (χ0n) is 14.1. The highest BCUT2D eigenvalue weighted by atomic mass is 35.5. The molecular formula is C14H21ClN5O4P. The number of aromatic nitrogens is 4. The Morgan fingerprint density at radius 1 is 1.36 bits per heavy atom. The Morgan fingerprint density at radius 2 is 2.08 bits per heavy atom. The van der Waals surface area contributed by atoms with Gasteiger partial charge in [-0.25, -0.2) is 4.98 Å². The molecule has 1 fully saturated rings. The third kappa shape index (κ3) is 3.80. The van der Waals surface area contributed by atoms with Crippen LogP contribution < -0.4 is 5.73 Å². The fraction of sp³-hybridized carbons (Fsp3) is 0.643. The van der Waals surface area contributed by atoms with Gasteiger partial charge in [0.25, 0.3) is 0 Å². The van der Waals surface area contributed by atoms with Gasteiger partial charge in [0.15, 0.2) is 16.6 Å². The van der Waals surface area contributed by atoms with Crippen LogP contribution in [0.5, 0.6) is 0 Å². The summed E-state index contributed by atoms with van der Waals surface area (Å²) in [5.41, 5.74) is 6.69. The average molecular weight is 390 g/mol. The summed E-state index contributed by atoms with van der Waals surface area (Å²) in [7, 11) is -3.27. The van der Waals surface area contributed by atoms with Crippen molar-refractivity contribution in [1.29, 1.82) is 0 Å². The fourth-order valence-corrected chi connectivity index (χ4v) is 5.03. The third-order valence-electron chi connectivity index (χ3n) is 3.89. The van der Waals surface area contributed by atoms with E-state index in [0.29, 0.717) is 37.3 Å². The monoisotopic (exact) mass is 389 g/mol. The summed E-state index contributed by atoms with van der Waals surface area (Å²) >= 11 is 6.04. The molecule has 1 aliphatic rings. The van der Waals surface area contributed by atoms with Gasteiger partial charge < -0.3 is 24.1 Å². The number of nitrogen functional groups attached to an aromatic ring is 1. The molecule has 9 nitrogen and oxygen atoms in total. The summed E-state index contributed by atoms with van der Waals surface area (Å²) in [6.45, 7) is 4.66. The highest BCUT2D eigenvalue weighted by Crippen LogP contribution is 2.57. The normalized spacial score (nSPS) is 21.2. The van der Waals surface area contributed by atoms with Gasteiger partial charge in [-0.1, -0.05) is 11.6 Å². The van der Waals surface area contributed by atoms with Gasteiger partial charge in [0.05, 0.1) is 32.2 Å². The van der Waals surface area contributed by atoms with Crippen molar-refractivity contribution in [2.45, 2.75) is 45.2 Å². The molecule has 1 aliphatic heterocycles. The van der Waals surface area contributed by atoms with Gasteiger partial charge in [0.1, 0.15) is 5.52 Å². The minimum Gasteiger partial charge on any atom is -0.368 e. The lowest BCUT2D eigenvalue weighted by atomic mass is 10.2. The second-order valence-corrected chi connectivity index (χ2v) is 8.14. The van der Waals surface area contributed by atoms with Crippen LogP contribution in [0.15, 0.2) is 6.33 Å². The molecule has 0 aromatic carbocycles. The number of nitrogens with two attached hydrogens (primary N) is 1. The molecule has 3 heterocycles. The molecule has 25 heavy (non-hydrogen) atoms. The summed E-state index contributed by atoms with van der Waals surface area (Å²) in [5.74, 6) is -0.475. The predicted octanol–water partition coefficient (Wildman–Crippen LogP) is 2.83. The van der Waals surface area contributed by atoms with Crippen molar-refractivity contribution in [2.24, 2.45) is 0 Å². The molecule has 0 spiro atoms. The number of fused-ring (bicyclic) bond motifs is 1. The summed E-state index contributed by atoms with van der Waals surface area (Å²) in [5, 5.41) is 0.212. The van der Waals surface area contributed by atoms with Crippen LogP contribution in [0.3, 0.4) is 0 Å². The van der Waals surface area contributed by atoms with E-state index in [4.69, 9.17) is 31.1 Å². The molecule has 0 bridgehead atoms. The largest absolute Gasteiger partial charge is 0.368 e. The molecule has 2 atom stereocenters. The second kappa shape index (κ2) is 7.55. The first-order valence-electron chi connectivity index (χ1n) is 8.15.